The molecule has 0 atom stereocenters. The van der Waals surface area contributed by atoms with Crippen LogP contribution in [0.3, 0.4) is 0 Å². The number of nitrogens with zero attached hydrogens (tertiary/aromatic N) is 3. The van der Waals surface area contributed by atoms with Gasteiger partial charge in [-0.2, -0.15) is 4.98 Å². The Morgan fingerprint density at radius 3 is 2.56 bits per heavy atom. The minimum Gasteiger partial charge on any atom is -0.340 e. The minimum absolute atomic E-state index is 0.120. The van der Waals surface area contributed by atoms with Gasteiger partial charge in [-0.1, -0.05) is 25.9 Å². The van der Waals surface area contributed by atoms with Crippen LogP contribution in [0.1, 0.15) is 32.5 Å². The number of aryl methyl sites for hydroxylation is 1. The van der Waals surface area contributed by atoms with Crippen molar-refractivity contribution < 1.29 is 4.52 Å². The van der Waals surface area contributed by atoms with Crippen LogP contribution in [0.5, 0.6) is 0 Å². The van der Waals surface area contributed by atoms with E-state index < -0.39 is 0 Å². The number of nitrogens with two attached hydrogens (primary N) is 1. The highest BCUT2D eigenvalue weighted by Gasteiger charge is 2.20. The van der Waals surface area contributed by atoms with Crippen LogP contribution in [0.4, 0.5) is 0 Å². The molecule has 1 aromatic heterocycles. The number of hydrogen-bond donors (Lipinski definition) is 1. The normalized spacial score (nSPS) is 12.4. The van der Waals surface area contributed by atoms with E-state index in [9.17, 15) is 0 Å². The van der Waals surface area contributed by atoms with Crippen molar-refractivity contribution >= 4 is 0 Å². The molecule has 0 radical (unpaired) electrons. The lowest BCUT2D eigenvalue weighted by Gasteiger charge is -2.30. The van der Waals surface area contributed by atoms with Gasteiger partial charge in [-0.05, 0) is 18.5 Å². The SMILES string of the molecule is CCN(Cc1noc(C)n1)CC(C)(C)CN. The summed E-state index contributed by atoms with van der Waals surface area (Å²) in [4.78, 5) is 6.48. The maximum atomic E-state index is 5.73. The molecule has 0 aromatic carbocycles. The Morgan fingerprint density at radius 1 is 1.44 bits per heavy atom. The van der Waals surface area contributed by atoms with Crippen molar-refractivity contribution in [1.82, 2.24) is 15.0 Å². The topological polar surface area (TPSA) is 68.2 Å². The fourth-order valence-corrected chi connectivity index (χ4v) is 1.55. The van der Waals surface area contributed by atoms with Crippen LogP contribution in [0.25, 0.3) is 0 Å². The molecule has 92 valence electrons. The molecule has 0 unspecified atom stereocenters. The van der Waals surface area contributed by atoms with Gasteiger partial charge in [0.25, 0.3) is 0 Å². The molecule has 1 aromatic rings. The van der Waals surface area contributed by atoms with E-state index in [-0.39, 0.29) is 5.41 Å². The van der Waals surface area contributed by atoms with E-state index in [1.807, 2.05) is 0 Å². The molecule has 0 aliphatic carbocycles. The third-order valence-corrected chi connectivity index (χ3v) is 2.59. The molecule has 0 aliphatic heterocycles. The van der Waals surface area contributed by atoms with E-state index >= 15 is 0 Å². The van der Waals surface area contributed by atoms with Crippen LogP contribution < -0.4 is 5.73 Å². The Kier molecular flexibility index (Phi) is 4.44. The molecule has 1 heterocycles. The summed E-state index contributed by atoms with van der Waals surface area (Å²) < 4.78 is 4.95. The highest BCUT2D eigenvalue weighted by Crippen LogP contribution is 2.15. The summed E-state index contributed by atoms with van der Waals surface area (Å²) in [6.45, 7) is 11.5. The standard InChI is InChI=1S/C11H22N4O/c1-5-15(8-11(3,4)7-12)6-10-13-9(2)16-14-10/h5-8,12H2,1-4H3. The van der Waals surface area contributed by atoms with Crippen molar-refractivity contribution in [2.75, 3.05) is 19.6 Å². The first-order chi connectivity index (χ1) is 7.46. The predicted molar refractivity (Wildman–Crippen MR) is 62.8 cm³/mol. The molecule has 1 rings (SSSR count). The van der Waals surface area contributed by atoms with Crippen molar-refractivity contribution in [1.29, 1.82) is 0 Å². The van der Waals surface area contributed by atoms with E-state index in [0.29, 0.717) is 12.4 Å². The average Bonchev–Trinajstić information content (AvgIpc) is 2.63. The van der Waals surface area contributed by atoms with Gasteiger partial charge in [-0.3, -0.25) is 4.90 Å². The molecule has 0 fully saturated rings. The second-order valence-corrected chi connectivity index (χ2v) is 4.90. The number of hydrogen-bond acceptors (Lipinski definition) is 5. The average molecular weight is 226 g/mol. The Hall–Kier alpha value is -0.940. The summed E-state index contributed by atoms with van der Waals surface area (Å²) in [5, 5.41) is 3.90. The van der Waals surface area contributed by atoms with Crippen LogP contribution in [0.15, 0.2) is 4.52 Å². The van der Waals surface area contributed by atoms with Crippen LogP contribution in [-0.4, -0.2) is 34.7 Å². The van der Waals surface area contributed by atoms with E-state index in [2.05, 4.69) is 35.8 Å². The third-order valence-electron chi connectivity index (χ3n) is 2.59. The zero-order valence-corrected chi connectivity index (χ0v) is 10.7. The van der Waals surface area contributed by atoms with Crippen molar-refractivity contribution in [2.45, 2.75) is 34.2 Å². The van der Waals surface area contributed by atoms with Crippen molar-refractivity contribution in [3.8, 4) is 0 Å². The van der Waals surface area contributed by atoms with Gasteiger partial charge in [-0.15, -0.1) is 0 Å². The molecular formula is C11H22N4O. The zero-order valence-electron chi connectivity index (χ0n) is 10.7. The maximum Gasteiger partial charge on any atom is 0.223 e. The summed E-state index contributed by atoms with van der Waals surface area (Å²) in [6.07, 6.45) is 0. The van der Waals surface area contributed by atoms with E-state index in [1.165, 1.54) is 0 Å². The van der Waals surface area contributed by atoms with E-state index in [1.54, 1.807) is 6.92 Å². The van der Waals surface area contributed by atoms with Gasteiger partial charge in [0, 0.05) is 13.5 Å². The third kappa shape index (κ3) is 3.90. The largest absolute Gasteiger partial charge is 0.340 e. The zero-order chi connectivity index (χ0) is 12.2. The molecule has 0 amide bonds. The van der Waals surface area contributed by atoms with Crippen LogP contribution in [-0.2, 0) is 6.54 Å². The molecule has 5 nitrogen and oxygen atoms in total. The predicted octanol–water partition coefficient (Wildman–Crippen LogP) is 1.18. The number of rotatable bonds is 6. The van der Waals surface area contributed by atoms with Gasteiger partial charge in [0.15, 0.2) is 5.82 Å². The lowest BCUT2D eigenvalue weighted by Crippen LogP contribution is -2.38. The fourth-order valence-electron chi connectivity index (χ4n) is 1.55. The maximum absolute atomic E-state index is 5.73. The van der Waals surface area contributed by atoms with E-state index in [4.69, 9.17) is 10.3 Å². The lowest BCUT2D eigenvalue weighted by molar-refractivity contribution is 0.178. The van der Waals surface area contributed by atoms with Crippen LogP contribution >= 0.6 is 0 Å². The molecule has 5 heteroatoms. The van der Waals surface area contributed by atoms with Gasteiger partial charge in [0.2, 0.25) is 5.89 Å². The molecule has 0 saturated heterocycles. The molecule has 0 bridgehead atoms. The molecule has 0 saturated carbocycles. The smallest absolute Gasteiger partial charge is 0.223 e. The molecule has 0 aliphatic rings. The number of aromatic nitrogens is 2. The first kappa shape index (κ1) is 13.1. The van der Waals surface area contributed by atoms with Crippen LogP contribution in [0, 0.1) is 12.3 Å². The van der Waals surface area contributed by atoms with Crippen molar-refractivity contribution in [3.05, 3.63) is 11.7 Å². The summed E-state index contributed by atoms with van der Waals surface area (Å²) in [6, 6.07) is 0. The monoisotopic (exact) mass is 226 g/mol. The first-order valence-electron chi connectivity index (χ1n) is 5.68. The second-order valence-electron chi connectivity index (χ2n) is 4.90. The Balaban J connectivity index is 2.55. The Bertz CT molecular complexity index is 322. The van der Waals surface area contributed by atoms with Gasteiger partial charge in [0.05, 0.1) is 6.54 Å². The molecule has 2 N–H and O–H groups in total. The molecular weight excluding hydrogens is 204 g/mol. The van der Waals surface area contributed by atoms with Crippen LogP contribution in [0.2, 0.25) is 0 Å². The summed E-state index contributed by atoms with van der Waals surface area (Å²) >= 11 is 0. The Morgan fingerprint density at radius 2 is 2.12 bits per heavy atom. The highest BCUT2D eigenvalue weighted by molar-refractivity contribution is 4.85. The first-order valence-corrected chi connectivity index (χ1v) is 5.68. The second kappa shape index (κ2) is 5.41. The van der Waals surface area contributed by atoms with Crippen molar-refractivity contribution in [2.24, 2.45) is 11.1 Å². The van der Waals surface area contributed by atoms with E-state index in [0.717, 1.165) is 25.5 Å². The fraction of sp³-hybridized carbons (Fsp3) is 0.818. The summed E-state index contributed by atoms with van der Waals surface area (Å²) in [5.74, 6) is 1.36. The highest BCUT2D eigenvalue weighted by atomic mass is 16.5. The van der Waals surface area contributed by atoms with Gasteiger partial charge < -0.3 is 10.3 Å². The molecule has 16 heavy (non-hydrogen) atoms. The van der Waals surface area contributed by atoms with Gasteiger partial charge >= 0.3 is 0 Å². The Labute approximate surface area is 97.0 Å². The summed E-state index contributed by atoms with van der Waals surface area (Å²) in [7, 11) is 0. The van der Waals surface area contributed by atoms with Crippen molar-refractivity contribution in [3.63, 3.8) is 0 Å². The summed E-state index contributed by atoms with van der Waals surface area (Å²) in [5.41, 5.74) is 5.85. The minimum atomic E-state index is 0.120. The quantitative estimate of drug-likeness (QED) is 0.789. The van der Waals surface area contributed by atoms with Gasteiger partial charge in [-0.25, -0.2) is 0 Å². The molecule has 0 spiro atoms. The lowest BCUT2D eigenvalue weighted by atomic mass is 9.93. The van der Waals surface area contributed by atoms with Gasteiger partial charge in [0.1, 0.15) is 0 Å².